The smallest absolute Gasteiger partial charge is 0.220 e. The number of carbonyl (C=O) groups excluding carboxylic acids is 1. The first-order valence-electron chi connectivity index (χ1n) is 12.1. The van der Waals surface area contributed by atoms with Crippen molar-refractivity contribution in [1.82, 2.24) is 25.1 Å². The zero-order chi connectivity index (χ0) is 25.6. The van der Waals surface area contributed by atoms with Crippen molar-refractivity contribution in [3.05, 3.63) is 107 Å². The molecule has 0 fully saturated rings. The summed E-state index contributed by atoms with van der Waals surface area (Å²) >= 11 is 12.5. The molecule has 37 heavy (non-hydrogen) atoms. The van der Waals surface area contributed by atoms with E-state index in [1.54, 1.807) is 24.7 Å². The Labute approximate surface area is 225 Å². The topological polar surface area (TPSA) is 72.7 Å². The maximum absolute atomic E-state index is 12.4. The number of hydrogen-bond acceptors (Lipinski definition) is 4. The molecular weight excluding hydrogens is 505 g/mol. The molecule has 1 amide bonds. The summed E-state index contributed by atoms with van der Waals surface area (Å²) in [5, 5.41) is 11.3. The molecule has 8 heteroatoms. The molecule has 0 saturated heterocycles. The molecule has 186 valence electrons. The Hall–Kier alpha value is -3.74. The number of halogens is 2. The average molecular weight is 530 g/mol. The summed E-state index contributed by atoms with van der Waals surface area (Å²) in [5.41, 5.74) is 4.45. The summed E-state index contributed by atoms with van der Waals surface area (Å²) in [6.45, 7) is 0.534. The van der Waals surface area contributed by atoms with Crippen LogP contribution < -0.4 is 5.32 Å². The molecule has 0 radical (unpaired) electrons. The molecule has 2 aromatic heterocycles. The third-order valence-corrected chi connectivity index (χ3v) is 6.51. The molecule has 2 heterocycles. The molecule has 0 bridgehead atoms. The number of aryl methyl sites for hydroxylation is 1. The summed E-state index contributed by atoms with van der Waals surface area (Å²) in [4.78, 5) is 20.7. The van der Waals surface area contributed by atoms with Crippen LogP contribution in [-0.4, -0.2) is 32.2 Å². The summed E-state index contributed by atoms with van der Waals surface area (Å²) in [5.74, 6) is 0.0162. The number of aromatic nitrogens is 4. The van der Waals surface area contributed by atoms with Crippen LogP contribution in [0.25, 0.3) is 27.7 Å². The monoisotopic (exact) mass is 529 g/mol. The van der Waals surface area contributed by atoms with Gasteiger partial charge < -0.3 is 5.32 Å². The third kappa shape index (κ3) is 6.34. The fourth-order valence-electron chi connectivity index (χ4n) is 4.28. The van der Waals surface area contributed by atoms with E-state index in [2.05, 4.69) is 45.6 Å². The lowest BCUT2D eigenvalue weighted by Gasteiger charge is -2.09. The van der Waals surface area contributed by atoms with E-state index in [-0.39, 0.29) is 5.91 Å². The number of carbonyl (C=O) groups is 1. The Morgan fingerprint density at radius 1 is 0.892 bits per heavy atom. The van der Waals surface area contributed by atoms with Crippen LogP contribution in [0.5, 0.6) is 0 Å². The van der Waals surface area contributed by atoms with Gasteiger partial charge in [-0.2, -0.15) is 5.10 Å². The highest BCUT2D eigenvalue weighted by Crippen LogP contribution is 2.29. The van der Waals surface area contributed by atoms with E-state index in [1.165, 1.54) is 5.39 Å². The van der Waals surface area contributed by atoms with E-state index in [0.717, 1.165) is 33.7 Å². The Morgan fingerprint density at radius 2 is 1.70 bits per heavy atom. The van der Waals surface area contributed by atoms with Gasteiger partial charge in [-0.1, -0.05) is 53.5 Å². The maximum atomic E-state index is 12.4. The van der Waals surface area contributed by atoms with Crippen LogP contribution in [0.1, 0.15) is 24.2 Å². The molecule has 0 atom stereocenters. The lowest BCUT2D eigenvalue weighted by Crippen LogP contribution is -2.25. The Morgan fingerprint density at radius 3 is 2.49 bits per heavy atom. The van der Waals surface area contributed by atoms with Crippen molar-refractivity contribution in [2.75, 3.05) is 6.54 Å². The van der Waals surface area contributed by atoms with Crippen LogP contribution in [0, 0.1) is 0 Å². The maximum Gasteiger partial charge on any atom is 0.220 e. The quantitative estimate of drug-likeness (QED) is 0.237. The molecule has 0 spiro atoms. The number of rotatable bonds is 9. The highest BCUT2D eigenvalue weighted by atomic mass is 35.5. The van der Waals surface area contributed by atoms with E-state index < -0.39 is 0 Å². The second-order valence-electron chi connectivity index (χ2n) is 8.77. The van der Waals surface area contributed by atoms with Crippen LogP contribution in [0.15, 0.2) is 85.3 Å². The molecule has 5 rings (SSSR count). The summed E-state index contributed by atoms with van der Waals surface area (Å²) in [6, 6.07) is 22.0. The van der Waals surface area contributed by atoms with E-state index in [0.29, 0.717) is 42.3 Å². The third-order valence-electron chi connectivity index (χ3n) is 6.08. The largest absolute Gasteiger partial charge is 0.356 e. The second-order valence-corrected chi connectivity index (χ2v) is 9.65. The fourth-order valence-corrected chi connectivity index (χ4v) is 4.81. The van der Waals surface area contributed by atoms with Gasteiger partial charge in [0, 0.05) is 59.3 Å². The number of amides is 1. The van der Waals surface area contributed by atoms with Gasteiger partial charge in [0.05, 0.1) is 17.1 Å². The van der Waals surface area contributed by atoms with Crippen molar-refractivity contribution in [3.8, 4) is 16.9 Å². The number of nitrogens with one attached hydrogen (secondary N) is 1. The SMILES string of the molecule is O=C(CCCc1cc(-c2cc(Cl)cc(Cl)c2)nn1-c1ccc2ccccc2c1)NCCc1cnccn1. The van der Waals surface area contributed by atoms with Gasteiger partial charge in [0.2, 0.25) is 5.91 Å². The van der Waals surface area contributed by atoms with Gasteiger partial charge in [0.15, 0.2) is 0 Å². The van der Waals surface area contributed by atoms with Gasteiger partial charge >= 0.3 is 0 Å². The van der Waals surface area contributed by atoms with Gasteiger partial charge in [0.25, 0.3) is 0 Å². The predicted octanol–water partition coefficient (Wildman–Crippen LogP) is 6.47. The predicted molar refractivity (Wildman–Crippen MR) is 148 cm³/mol. The van der Waals surface area contributed by atoms with Crippen LogP contribution in [0.3, 0.4) is 0 Å². The number of benzene rings is 3. The molecule has 0 unspecified atom stereocenters. The standard InChI is InChI=1S/C29H25Cl2N5O/c30-23-14-22(15-24(31)17-23)28-18-26(6-3-7-29(37)34-11-10-25-19-32-12-13-33-25)36(35-28)27-9-8-20-4-1-2-5-21(20)16-27/h1-2,4-5,8-9,12-19H,3,6-7,10-11H2,(H,34,37). The molecule has 6 nitrogen and oxygen atoms in total. The van der Waals surface area contributed by atoms with Crippen molar-refractivity contribution in [2.45, 2.75) is 25.7 Å². The van der Waals surface area contributed by atoms with Gasteiger partial charge in [-0.3, -0.25) is 14.8 Å². The molecule has 1 N–H and O–H groups in total. The number of nitrogens with zero attached hydrogens (tertiary/aromatic N) is 4. The summed E-state index contributed by atoms with van der Waals surface area (Å²) in [6.07, 6.45) is 7.45. The molecular formula is C29H25Cl2N5O. The average Bonchev–Trinajstić information content (AvgIpc) is 3.33. The first kappa shape index (κ1) is 24.9. The van der Waals surface area contributed by atoms with Crippen molar-refractivity contribution in [2.24, 2.45) is 0 Å². The number of hydrogen-bond donors (Lipinski definition) is 1. The molecule has 0 saturated carbocycles. The van der Waals surface area contributed by atoms with E-state index >= 15 is 0 Å². The van der Waals surface area contributed by atoms with E-state index in [4.69, 9.17) is 28.3 Å². The molecule has 5 aromatic rings. The summed E-state index contributed by atoms with van der Waals surface area (Å²) < 4.78 is 1.95. The minimum atomic E-state index is 0.0162. The van der Waals surface area contributed by atoms with Gasteiger partial charge in [-0.15, -0.1) is 0 Å². The van der Waals surface area contributed by atoms with Crippen molar-refractivity contribution in [3.63, 3.8) is 0 Å². The van der Waals surface area contributed by atoms with Crippen molar-refractivity contribution in [1.29, 1.82) is 0 Å². The van der Waals surface area contributed by atoms with E-state index in [9.17, 15) is 4.79 Å². The molecule has 0 aliphatic carbocycles. The zero-order valence-corrected chi connectivity index (χ0v) is 21.6. The lowest BCUT2D eigenvalue weighted by atomic mass is 10.1. The minimum Gasteiger partial charge on any atom is -0.356 e. The molecule has 0 aliphatic rings. The second kappa shape index (κ2) is 11.5. The van der Waals surface area contributed by atoms with Crippen molar-refractivity contribution >= 4 is 39.9 Å². The first-order chi connectivity index (χ1) is 18.0. The minimum absolute atomic E-state index is 0.0162. The van der Waals surface area contributed by atoms with Crippen LogP contribution in [-0.2, 0) is 17.6 Å². The van der Waals surface area contributed by atoms with Gasteiger partial charge in [0.1, 0.15) is 0 Å². The highest BCUT2D eigenvalue weighted by molar-refractivity contribution is 6.35. The van der Waals surface area contributed by atoms with Crippen LogP contribution in [0.2, 0.25) is 10.0 Å². The molecule has 3 aromatic carbocycles. The van der Waals surface area contributed by atoms with Gasteiger partial charge in [-0.05, 0) is 60.0 Å². The summed E-state index contributed by atoms with van der Waals surface area (Å²) in [7, 11) is 0. The fraction of sp³-hybridized carbons (Fsp3) is 0.172. The first-order valence-corrected chi connectivity index (χ1v) is 12.9. The highest BCUT2D eigenvalue weighted by Gasteiger charge is 2.14. The van der Waals surface area contributed by atoms with Crippen LogP contribution in [0.4, 0.5) is 0 Å². The Balaban J connectivity index is 1.32. The lowest BCUT2D eigenvalue weighted by molar-refractivity contribution is -0.121. The van der Waals surface area contributed by atoms with Crippen molar-refractivity contribution < 1.29 is 4.79 Å². The Bertz CT molecular complexity index is 1510. The van der Waals surface area contributed by atoms with Gasteiger partial charge in [-0.25, -0.2) is 4.68 Å². The normalized spacial score (nSPS) is 11.1. The number of fused-ring (bicyclic) bond motifs is 1. The zero-order valence-electron chi connectivity index (χ0n) is 20.1. The van der Waals surface area contributed by atoms with Crippen LogP contribution >= 0.6 is 23.2 Å². The van der Waals surface area contributed by atoms with E-state index in [1.807, 2.05) is 35.0 Å². The molecule has 0 aliphatic heterocycles. The Kier molecular flexibility index (Phi) is 7.78.